The quantitative estimate of drug-likeness (QED) is 0.612. The molecule has 1 heterocycles. The Morgan fingerprint density at radius 3 is 2.04 bits per heavy atom. The number of para-hydroxylation sites is 1. The number of rotatable bonds is 2. The van der Waals surface area contributed by atoms with Crippen LogP contribution in [0.2, 0.25) is 0 Å². The molecule has 24 heavy (non-hydrogen) atoms. The number of hydrogen-bond donors (Lipinski definition) is 0. The molecule has 0 spiro atoms. The standard InChI is InChI=1S/C23H30N/c1-21(2,3)19-14-10-11-15-20(19)24-17-23(6,16-22(24,4)5)18-12-8-7-9-13-18/h7-15,17H,16H2,1-6H3/q+1. The molecule has 0 aliphatic carbocycles. The van der Waals surface area contributed by atoms with Crippen molar-refractivity contribution in [1.29, 1.82) is 0 Å². The van der Waals surface area contributed by atoms with Crippen LogP contribution >= 0.6 is 0 Å². The van der Waals surface area contributed by atoms with Crippen LogP contribution in [0.1, 0.15) is 59.1 Å². The van der Waals surface area contributed by atoms with Crippen molar-refractivity contribution in [3.05, 3.63) is 65.7 Å². The van der Waals surface area contributed by atoms with Gasteiger partial charge in [-0.2, -0.15) is 4.58 Å². The average Bonchev–Trinajstić information content (AvgIpc) is 2.78. The van der Waals surface area contributed by atoms with Gasteiger partial charge in [-0.3, -0.25) is 0 Å². The zero-order chi connectivity index (χ0) is 17.6. The van der Waals surface area contributed by atoms with E-state index in [0.717, 1.165) is 6.42 Å². The van der Waals surface area contributed by atoms with E-state index in [-0.39, 0.29) is 16.4 Å². The second-order valence-electron chi connectivity index (χ2n) is 9.04. The SMILES string of the molecule is CC(C)(C)c1ccccc1[N+]1=CC(C)(c2ccccc2)CC1(C)C. The summed E-state index contributed by atoms with van der Waals surface area (Å²) < 4.78 is 2.51. The predicted molar refractivity (Wildman–Crippen MR) is 104 cm³/mol. The van der Waals surface area contributed by atoms with Crippen molar-refractivity contribution in [2.24, 2.45) is 0 Å². The van der Waals surface area contributed by atoms with E-state index in [4.69, 9.17) is 0 Å². The van der Waals surface area contributed by atoms with Gasteiger partial charge in [0, 0.05) is 31.9 Å². The summed E-state index contributed by atoms with van der Waals surface area (Å²) in [5.74, 6) is 0. The van der Waals surface area contributed by atoms with Gasteiger partial charge in [0.15, 0.2) is 11.8 Å². The minimum absolute atomic E-state index is 0.0652. The first-order valence-electron chi connectivity index (χ1n) is 8.94. The third-order valence-corrected chi connectivity index (χ3v) is 5.27. The van der Waals surface area contributed by atoms with E-state index < -0.39 is 0 Å². The smallest absolute Gasteiger partial charge is 0.197 e. The summed E-state index contributed by atoms with van der Waals surface area (Å²) in [5.41, 5.74) is 4.43. The van der Waals surface area contributed by atoms with Crippen molar-refractivity contribution in [2.75, 3.05) is 0 Å². The molecule has 0 radical (unpaired) electrons. The summed E-state index contributed by atoms with van der Waals surface area (Å²) in [6.45, 7) is 14.0. The van der Waals surface area contributed by atoms with Crippen molar-refractivity contribution >= 4 is 11.9 Å². The zero-order valence-electron chi connectivity index (χ0n) is 15.9. The van der Waals surface area contributed by atoms with E-state index >= 15 is 0 Å². The normalized spacial score (nSPS) is 23.2. The van der Waals surface area contributed by atoms with Gasteiger partial charge >= 0.3 is 0 Å². The number of hydrogen-bond acceptors (Lipinski definition) is 0. The molecule has 0 fully saturated rings. The highest BCUT2D eigenvalue weighted by atomic mass is 15.1. The van der Waals surface area contributed by atoms with Crippen LogP contribution in [0, 0.1) is 0 Å². The lowest BCUT2D eigenvalue weighted by Crippen LogP contribution is -2.31. The zero-order valence-corrected chi connectivity index (χ0v) is 15.9. The molecule has 1 heteroatoms. The van der Waals surface area contributed by atoms with Crippen LogP contribution in [0.4, 0.5) is 5.69 Å². The summed E-state index contributed by atoms with van der Waals surface area (Å²) in [7, 11) is 0. The molecule has 3 rings (SSSR count). The predicted octanol–water partition coefficient (Wildman–Crippen LogP) is 5.84. The van der Waals surface area contributed by atoms with Gasteiger partial charge in [-0.15, -0.1) is 0 Å². The molecular weight excluding hydrogens is 290 g/mol. The fourth-order valence-electron chi connectivity index (χ4n) is 4.20. The Morgan fingerprint density at radius 2 is 1.42 bits per heavy atom. The summed E-state index contributed by atoms with van der Waals surface area (Å²) in [5, 5.41) is 0. The van der Waals surface area contributed by atoms with Crippen molar-refractivity contribution < 1.29 is 4.58 Å². The van der Waals surface area contributed by atoms with Gasteiger partial charge in [0.25, 0.3) is 0 Å². The highest BCUT2D eigenvalue weighted by Gasteiger charge is 2.50. The van der Waals surface area contributed by atoms with E-state index in [1.54, 1.807) is 0 Å². The molecule has 0 saturated carbocycles. The Labute approximate surface area is 147 Å². The Morgan fingerprint density at radius 1 is 0.833 bits per heavy atom. The summed E-state index contributed by atoms with van der Waals surface area (Å²) in [6, 6.07) is 19.8. The van der Waals surface area contributed by atoms with Gasteiger partial charge in [0.2, 0.25) is 5.69 Å². The third-order valence-electron chi connectivity index (χ3n) is 5.27. The van der Waals surface area contributed by atoms with Crippen LogP contribution in [0.5, 0.6) is 0 Å². The van der Waals surface area contributed by atoms with E-state index in [9.17, 15) is 0 Å². The molecule has 1 nitrogen and oxygen atoms in total. The van der Waals surface area contributed by atoms with Crippen LogP contribution < -0.4 is 0 Å². The van der Waals surface area contributed by atoms with Gasteiger partial charge in [-0.25, -0.2) is 0 Å². The maximum atomic E-state index is 2.51. The topological polar surface area (TPSA) is 3.01 Å². The molecule has 126 valence electrons. The monoisotopic (exact) mass is 320 g/mol. The fourth-order valence-corrected chi connectivity index (χ4v) is 4.20. The van der Waals surface area contributed by atoms with Gasteiger partial charge in [-0.05, 0) is 17.9 Å². The Kier molecular flexibility index (Phi) is 3.94. The molecule has 2 aromatic rings. The Bertz CT molecular complexity index is 762. The molecular formula is C23H30N+. The molecule has 0 amide bonds. The van der Waals surface area contributed by atoms with Gasteiger partial charge in [-0.1, -0.05) is 69.3 Å². The highest BCUT2D eigenvalue weighted by molar-refractivity contribution is 5.73. The molecule has 0 bridgehead atoms. The van der Waals surface area contributed by atoms with E-state index in [1.165, 1.54) is 16.8 Å². The molecule has 1 aliphatic rings. The number of benzene rings is 2. The lowest BCUT2D eigenvalue weighted by molar-refractivity contribution is -0.512. The molecule has 0 saturated heterocycles. The van der Waals surface area contributed by atoms with Crippen molar-refractivity contribution in [2.45, 2.75) is 64.3 Å². The van der Waals surface area contributed by atoms with Crippen LogP contribution in [0.25, 0.3) is 0 Å². The minimum Gasteiger partial charge on any atom is -0.197 e. The van der Waals surface area contributed by atoms with E-state index in [0.29, 0.717) is 0 Å². The van der Waals surface area contributed by atoms with Gasteiger partial charge in [0.1, 0.15) is 0 Å². The van der Waals surface area contributed by atoms with Gasteiger partial charge < -0.3 is 0 Å². The molecule has 1 atom stereocenters. The number of nitrogens with zero attached hydrogens (tertiary/aromatic N) is 1. The van der Waals surface area contributed by atoms with Crippen molar-refractivity contribution in [3.63, 3.8) is 0 Å². The fraction of sp³-hybridized carbons (Fsp3) is 0.435. The Hall–Kier alpha value is -1.89. The van der Waals surface area contributed by atoms with E-state index in [2.05, 4.69) is 107 Å². The summed E-state index contributed by atoms with van der Waals surface area (Å²) >= 11 is 0. The second-order valence-corrected chi connectivity index (χ2v) is 9.04. The second kappa shape index (κ2) is 5.58. The summed E-state index contributed by atoms with van der Waals surface area (Å²) in [4.78, 5) is 0. The first kappa shape index (κ1) is 17.0. The maximum absolute atomic E-state index is 2.51. The molecule has 2 aromatic carbocycles. The van der Waals surface area contributed by atoms with Crippen LogP contribution in [-0.4, -0.2) is 16.3 Å². The highest BCUT2D eigenvalue weighted by Crippen LogP contribution is 2.43. The third kappa shape index (κ3) is 2.92. The molecule has 0 N–H and O–H groups in total. The van der Waals surface area contributed by atoms with Crippen molar-refractivity contribution in [3.8, 4) is 0 Å². The first-order chi connectivity index (χ1) is 11.1. The van der Waals surface area contributed by atoms with Crippen LogP contribution in [-0.2, 0) is 10.8 Å². The lowest BCUT2D eigenvalue weighted by Gasteiger charge is -2.25. The van der Waals surface area contributed by atoms with Crippen LogP contribution in [0.3, 0.4) is 0 Å². The minimum atomic E-state index is 0.0652. The Balaban J connectivity index is 2.16. The molecule has 1 aliphatic heterocycles. The first-order valence-corrected chi connectivity index (χ1v) is 8.94. The van der Waals surface area contributed by atoms with E-state index in [1.807, 2.05) is 0 Å². The average molecular weight is 321 g/mol. The van der Waals surface area contributed by atoms with Crippen LogP contribution in [0.15, 0.2) is 54.6 Å². The maximum Gasteiger partial charge on any atom is 0.209 e. The molecule has 1 unspecified atom stereocenters. The molecule has 0 aromatic heterocycles. The van der Waals surface area contributed by atoms with Gasteiger partial charge in [0.05, 0.1) is 5.41 Å². The summed E-state index contributed by atoms with van der Waals surface area (Å²) in [6.07, 6.45) is 3.56. The lowest BCUT2D eigenvalue weighted by atomic mass is 9.77. The largest absolute Gasteiger partial charge is 0.209 e. The van der Waals surface area contributed by atoms with Crippen molar-refractivity contribution in [1.82, 2.24) is 0 Å².